The Morgan fingerprint density at radius 3 is 2.42 bits per heavy atom. The second-order valence-corrected chi connectivity index (χ2v) is 10.2. The minimum atomic E-state index is -4.46. The number of nitrogens with one attached hydrogen (secondary N) is 2. The molecule has 1 aromatic rings. The number of carbonyl (C=O) groups is 1. The zero-order chi connectivity index (χ0) is 18.6. The van der Waals surface area contributed by atoms with Crippen molar-refractivity contribution in [2.24, 2.45) is 17.3 Å². The van der Waals surface area contributed by atoms with Gasteiger partial charge in [0.15, 0.2) is 0 Å². The highest BCUT2D eigenvalue weighted by atomic mass is 79.9. The Balaban J connectivity index is 1.41. The molecular weight excluding hydrogens is 409 g/mol. The molecule has 26 heavy (non-hydrogen) atoms. The number of hydrogen-bond acceptors (Lipinski definition) is 2. The average molecular weight is 431 g/mol. The van der Waals surface area contributed by atoms with Gasteiger partial charge < -0.3 is 0 Å². The molecular formula is C19H22BrF3N2O. The van der Waals surface area contributed by atoms with E-state index in [1.165, 1.54) is 37.5 Å². The minimum absolute atomic E-state index is 0.0110. The summed E-state index contributed by atoms with van der Waals surface area (Å²) in [6.07, 6.45) is 2.64. The number of carbonyl (C=O) groups excluding carboxylic acids is 1. The van der Waals surface area contributed by atoms with Crippen molar-refractivity contribution in [3.63, 3.8) is 0 Å². The van der Waals surface area contributed by atoms with Crippen LogP contribution in [0.1, 0.15) is 50.5 Å². The summed E-state index contributed by atoms with van der Waals surface area (Å²) in [5, 5.41) is 0. The van der Waals surface area contributed by atoms with E-state index in [1.54, 1.807) is 0 Å². The Labute approximate surface area is 159 Å². The van der Waals surface area contributed by atoms with Gasteiger partial charge in [-0.2, -0.15) is 13.2 Å². The summed E-state index contributed by atoms with van der Waals surface area (Å²) in [5.74, 6) is 1.10. The molecule has 0 aliphatic heterocycles. The normalized spacial score (nSPS) is 35.4. The average Bonchev–Trinajstić information content (AvgIpc) is 2.49. The lowest BCUT2D eigenvalue weighted by Crippen LogP contribution is -2.54. The smallest absolute Gasteiger partial charge is 0.298 e. The molecule has 0 heterocycles. The maximum Gasteiger partial charge on any atom is 0.418 e. The Morgan fingerprint density at radius 2 is 1.81 bits per heavy atom. The van der Waals surface area contributed by atoms with Crippen LogP contribution in [0.5, 0.6) is 0 Å². The summed E-state index contributed by atoms with van der Waals surface area (Å²) in [5.41, 5.74) is 4.05. The highest BCUT2D eigenvalue weighted by molar-refractivity contribution is 9.10. The van der Waals surface area contributed by atoms with Gasteiger partial charge in [-0.1, -0.05) is 28.1 Å². The van der Waals surface area contributed by atoms with Gasteiger partial charge in [0, 0.05) is 10.7 Å². The number of rotatable bonds is 4. The third kappa shape index (κ3) is 3.47. The number of para-hydroxylation sites is 1. The highest BCUT2D eigenvalue weighted by Crippen LogP contribution is 2.65. The summed E-state index contributed by atoms with van der Waals surface area (Å²) < 4.78 is 39.3. The van der Waals surface area contributed by atoms with Crippen LogP contribution in [0.4, 0.5) is 18.9 Å². The molecule has 7 heteroatoms. The van der Waals surface area contributed by atoms with Gasteiger partial charge >= 0.3 is 6.18 Å². The van der Waals surface area contributed by atoms with Gasteiger partial charge in [0.1, 0.15) is 0 Å². The zero-order valence-corrected chi connectivity index (χ0v) is 15.9. The van der Waals surface area contributed by atoms with E-state index in [1.807, 2.05) is 0 Å². The first-order valence-electron chi connectivity index (χ1n) is 9.07. The Kier molecular flexibility index (Phi) is 4.29. The molecule has 3 nitrogen and oxygen atoms in total. The number of hydrazine groups is 1. The maximum absolute atomic E-state index is 13.0. The van der Waals surface area contributed by atoms with Crippen molar-refractivity contribution in [3.05, 3.63) is 29.8 Å². The second-order valence-electron chi connectivity index (χ2n) is 8.51. The predicted octanol–water partition coefficient (Wildman–Crippen LogP) is 5.27. The molecule has 2 N–H and O–H groups in total. The first-order valence-corrected chi connectivity index (χ1v) is 9.86. The van der Waals surface area contributed by atoms with Crippen LogP contribution in [0.25, 0.3) is 0 Å². The Morgan fingerprint density at radius 1 is 1.15 bits per heavy atom. The molecule has 142 valence electrons. The van der Waals surface area contributed by atoms with Gasteiger partial charge in [-0.05, 0) is 67.9 Å². The van der Waals surface area contributed by atoms with Gasteiger partial charge in [-0.15, -0.1) is 0 Å². The van der Waals surface area contributed by atoms with E-state index in [0.717, 1.165) is 25.3 Å². The molecule has 4 aliphatic rings. The van der Waals surface area contributed by atoms with Gasteiger partial charge in [-0.25, -0.2) is 0 Å². The first kappa shape index (κ1) is 18.1. The Hall–Kier alpha value is -1.24. The van der Waals surface area contributed by atoms with Crippen LogP contribution in [0, 0.1) is 17.3 Å². The van der Waals surface area contributed by atoms with E-state index < -0.39 is 11.7 Å². The highest BCUT2D eigenvalue weighted by Gasteiger charge is 2.57. The number of benzene rings is 1. The monoisotopic (exact) mass is 430 g/mol. The third-order valence-corrected chi connectivity index (χ3v) is 7.14. The summed E-state index contributed by atoms with van der Waals surface area (Å²) in [7, 11) is 0. The van der Waals surface area contributed by atoms with Crippen LogP contribution >= 0.6 is 15.9 Å². The van der Waals surface area contributed by atoms with Crippen molar-refractivity contribution in [2.45, 2.75) is 55.4 Å². The molecule has 0 saturated heterocycles. The molecule has 4 bridgehead atoms. The number of halogens is 4. The number of hydrogen-bond donors (Lipinski definition) is 2. The number of amides is 1. The lowest BCUT2D eigenvalue weighted by Gasteiger charge is -2.60. The van der Waals surface area contributed by atoms with Crippen molar-refractivity contribution in [1.29, 1.82) is 0 Å². The summed E-state index contributed by atoms with van der Waals surface area (Å²) in [6.45, 7) is 0. The molecule has 0 aromatic heterocycles. The Bertz CT molecular complexity index is 707. The van der Waals surface area contributed by atoms with Crippen LogP contribution in [0.15, 0.2) is 24.3 Å². The summed E-state index contributed by atoms with van der Waals surface area (Å²) >= 11 is 3.92. The van der Waals surface area contributed by atoms with E-state index in [4.69, 9.17) is 0 Å². The molecule has 2 atom stereocenters. The van der Waals surface area contributed by atoms with Crippen LogP contribution in [0.2, 0.25) is 0 Å². The van der Waals surface area contributed by atoms with Gasteiger partial charge in [0.2, 0.25) is 5.91 Å². The lowest BCUT2D eigenvalue weighted by molar-refractivity contribution is -0.137. The van der Waals surface area contributed by atoms with Crippen LogP contribution in [-0.4, -0.2) is 10.2 Å². The summed E-state index contributed by atoms with van der Waals surface area (Å²) in [4.78, 5) is 12.5. The fourth-order valence-electron chi connectivity index (χ4n) is 5.90. The van der Waals surface area contributed by atoms with Crippen molar-refractivity contribution in [3.8, 4) is 0 Å². The molecule has 4 saturated carbocycles. The molecule has 1 amide bonds. The molecule has 5 rings (SSSR count). The second kappa shape index (κ2) is 6.14. The lowest BCUT2D eigenvalue weighted by atomic mass is 9.48. The summed E-state index contributed by atoms with van der Waals surface area (Å²) in [6, 6.07) is 5.17. The molecule has 1 aromatic carbocycles. The largest absolute Gasteiger partial charge is 0.418 e. The molecule has 2 unspecified atom stereocenters. The SMILES string of the molecule is O=C(CC12CC3CC(CC(Br)(C3)C1)C2)NNc1ccccc1C(F)(F)F. The molecule has 4 fully saturated rings. The quantitative estimate of drug-likeness (QED) is 0.504. The van der Waals surface area contributed by atoms with E-state index in [0.29, 0.717) is 18.3 Å². The van der Waals surface area contributed by atoms with Crippen molar-refractivity contribution >= 4 is 27.5 Å². The number of alkyl halides is 4. The standard InChI is InChI=1S/C19H22BrF3N2O/c20-18-8-12-5-13(9-18)7-17(6-12,11-18)10-16(26)25-24-15-4-2-1-3-14(15)19(21,22)23/h1-4,12-13,24H,5-11H2,(H,25,26). The van der Waals surface area contributed by atoms with E-state index in [2.05, 4.69) is 26.8 Å². The van der Waals surface area contributed by atoms with E-state index >= 15 is 0 Å². The predicted molar refractivity (Wildman–Crippen MR) is 96.6 cm³/mol. The third-order valence-electron chi connectivity index (χ3n) is 6.22. The fraction of sp³-hybridized carbons (Fsp3) is 0.632. The van der Waals surface area contributed by atoms with Crippen molar-refractivity contribution in [1.82, 2.24) is 5.43 Å². The number of anilines is 1. The van der Waals surface area contributed by atoms with Crippen molar-refractivity contribution < 1.29 is 18.0 Å². The van der Waals surface area contributed by atoms with Gasteiger partial charge in [0.25, 0.3) is 0 Å². The molecule has 0 spiro atoms. The topological polar surface area (TPSA) is 41.1 Å². The van der Waals surface area contributed by atoms with Crippen LogP contribution in [-0.2, 0) is 11.0 Å². The van der Waals surface area contributed by atoms with E-state index in [9.17, 15) is 18.0 Å². The zero-order valence-electron chi connectivity index (χ0n) is 14.3. The minimum Gasteiger partial charge on any atom is -0.298 e. The van der Waals surface area contributed by atoms with Gasteiger partial charge in [0.05, 0.1) is 11.3 Å². The van der Waals surface area contributed by atoms with Crippen molar-refractivity contribution in [2.75, 3.05) is 5.43 Å². The fourth-order valence-corrected chi connectivity index (χ4v) is 7.41. The van der Waals surface area contributed by atoms with Crippen LogP contribution in [0.3, 0.4) is 0 Å². The van der Waals surface area contributed by atoms with Crippen LogP contribution < -0.4 is 10.9 Å². The first-order chi connectivity index (χ1) is 12.2. The maximum atomic E-state index is 13.0. The van der Waals surface area contributed by atoms with E-state index in [-0.39, 0.29) is 21.3 Å². The van der Waals surface area contributed by atoms with Gasteiger partial charge in [-0.3, -0.25) is 15.6 Å². The molecule has 0 radical (unpaired) electrons. The molecule has 4 aliphatic carbocycles.